The fraction of sp³-hybridized carbons (Fsp3) is 0.652. The fourth-order valence-electron chi connectivity index (χ4n) is 4.41. The number of fused-ring (bicyclic) bond motifs is 1. The van der Waals surface area contributed by atoms with Gasteiger partial charge in [0, 0.05) is 19.8 Å². The van der Waals surface area contributed by atoms with Crippen molar-refractivity contribution in [1.82, 2.24) is 0 Å². The van der Waals surface area contributed by atoms with E-state index >= 15 is 8.78 Å². The Balaban J connectivity index is 2.38. The second-order valence-electron chi connectivity index (χ2n) is 8.57. The summed E-state index contributed by atoms with van der Waals surface area (Å²) in [6.45, 7) is 7.44. The summed E-state index contributed by atoms with van der Waals surface area (Å²) >= 11 is 0. The number of hydrogen-bond donors (Lipinski definition) is 0. The zero-order valence-electron chi connectivity index (χ0n) is 19.2. The average molecular weight is 459 g/mol. The maximum atomic E-state index is 15.5. The third kappa shape index (κ3) is 5.22. The SMILES string of the molecule is COS(=O)(=O)CCCC[N+]1=C(C)C(C)(CCCCCC=O)c2c(F)c(C)c(C)c(F)c21. The number of carbonyl (C=O) groups is 1. The van der Waals surface area contributed by atoms with E-state index in [1.54, 1.807) is 13.8 Å². The van der Waals surface area contributed by atoms with Gasteiger partial charge in [0.2, 0.25) is 5.69 Å². The van der Waals surface area contributed by atoms with E-state index in [1.807, 2.05) is 18.4 Å². The summed E-state index contributed by atoms with van der Waals surface area (Å²) in [6.07, 6.45) is 5.36. The number of rotatable bonds is 12. The lowest BCUT2D eigenvalue weighted by Crippen LogP contribution is -2.31. The maximum absolute atomic E-state index is 15.5. The molecule has 0 spiro atoms. The first-order valence-electron chi connectivity index (χ1n) is 10.8. The van der Waals surface area contributed by atoms with E-state index < -0.39 is 21.4 Å². The van der Waals surface area contributed by atoms with Gasteiger partial charge in [-0.1, -0.05) is 12.8 Å². The topological polar surface area (TPSA) is 63.5 Å². The fourth-order valence-corrected chi connectivity index (χ4v) is 5.14. The second-order valence-corrected chi connectivity index (χ2v) is 10.4. The van der Waals surface area contributed by atoms with Gasteiger partial charge in [-0.25, -0.2) is 4.39 Å². The summed E-state index contributed by atoms with van der Waals surface area (Å²) in [4.78, 5) is 10.6. The summed E-state index contributed by atoms with van der Waals surface area (Å²) in [5, 5.41) is 0. The van der Waals surface area contributed by atoms with E-state index in [2.05, 4.69) is 4.18 Å². The van der Waals surface area contributed by atoms with E-state index in [1.165, 1.54) is 0 Å². The van der Waals surface area contributed by atoms with Crippen molar-refractivity contribution in [3.63, 3.8) is 0 Å². The lowest BCUT2D eigenvalue weighted by atomic mass is 9.74. The van der Waals surface area contributed by atoms with Crippen LogP contribution in [0.4, 0.5) is 14.5 Å². The Kier molecular flexibility index (Phi) is 8.50. The molecule has 1 aliphatic rings. The van der Waals surface area contributed by atoms with Crippen molar-refractivity contribution in [1.29, 1.82) is 0 Å². The van der Waals surface area contributed by atoms with Crippen LogP contribution in [0, 0.1) is 25.5 Å². The Morgan fingerprint density at radius 1 is 1.00 bits per heavy atom. The molecular formula is C23H34F2NO4S+. The maximum Gasteiger partial charge on any atom is 0.267 e. The molecule has 1 aliphatic heterocycles. The molecule has 0 amide bonds. The van der Waals surface area contributed by atoms with Gasteiger partial charge in [-0.15, -0.1) is 0 Å². The molecule has 1 atom stereocenters. The molecule has 5 nitrogen and oxygen atoms in total. The predicted molar refractivity (Wildman–Crippen MR) is 118 cm³/mol. The minimum Gasteiger partial charge on any atom is -0.303 e. The molecule has 1 unspecified atom stereocenters. The van der Waals surface area contributed by atoms with E-state index in [0.29, 0.717) is 48.9 Å². The Hall–Kier alpha value is -1.67. The predicted octanol–water partition coefficient (Wildman–Crippen LogP) is 4.86. The number of benzene rings is 1. The first-order chi connectivity index (χ1) is 14.5. The van der Waals surface area contributed by atoms with E-state index in [0.717, 1.165) is 38.4 Å². The Bertz CT molecular complexity index is 973. The number of unbranched alkanes of at least 4 members (excludes halogenated alkanes) is 4. The van der Waals surface area contributed by atoms with Crippen molar-refractivity contribution in [2.24, 2.45) is 0 Å². The number of halogens is 2. The van der Waals surface area contributed by atoms with Crippen LogP contribution in [-0.4, -0.2) is 44.4 Å². The minimum atomic E-state index is -3.54. The molecule has 0 saturated carbocycles. The van der Waals surface area contributed by atoms with E-state index in [9.17, 15) is 13.2 Å². The normalized spacial score (nSPS) is 18.5. The molecule has 0 N–H and O–H groups in total. The first-order valence-corrected chi connectivity index (χ1v) is 12.4. The highest BCUT2D eigenvalue weighted by atomic mass is 32.2. The third-order valence-corrected chi connectivity index (χ3v) is 7.99. The standard InChI is InChI=1S/C23H34F2NO4S/c1-16-17(2)21(25)22-19(20(16)24)23(4,12-8-6-7-10-14-27)18(3)26(22)13-9-11-15-31(28,29)30-5/h14H,6-13,15H2,1-5H3/q+1. The molecule has 0 saturated heterocycles. The molecule has 0 bridgehead atoms. The lowest BCUT2D eigenvalue weighted by Gasteiger charge is -2.23. The van der Waals surface area contributed by atoms with Crippen LogP contribution in [0.25, 0.3) is 0 Å². The second kappa shape index (κ2) is 10.3. The molecule has 1 aromatic rings. The minimum absolute atomic E-state index is 0.110. The van der Waals surface area contributed by atoms with Crippen molar-refractivity contribution in [3.05, 3.63) is 28.3 Å². The van der Waals surface area contributed by atoms with Crippen LogP contribution >= 0.6 is 0 Å². The Morgan fingerprint density at radius 3 is 2.26 bits per heavy atom. The quantitative estimate of drug-likeness (QED) is 0.194. The number of hydrogen-bond acceptors (Lipinski definition) is 4. The molecule has 0 fully saturated rings. The molecular weight excluding hydrogens is 424 g/mol. The van der Waals surface area contributed by atoms with Gasteiger partial charge in [0.15, 0.2) is 11.5 Å². The molecule has 0 aliphatic carbocycles. The van der Waals surface area contributed by atoms with Gasteiger partial charge < -0.3 is 4.79 Å². The van der Waals surface area contributed by atoms with Crippen molar-refractivity contribution in [2.45, 2.75) is 78.1 Å². The molecule has 1 heterocycles. The van der Waals surface area contributed by atoms with Crippen LogP contribution in [0.5, 0.6) is 0 Å². The first kappa shape index (κ1) is 25.6. The van der Waals surface area contributed by atoms with Gasteiger partial charge in [0.05, 0.1) is 23.8 Å². The van der Waals surface area contributed by atoms with Crippen molar-refractivity contribution < 1.29 is 30.8 Å². The molecule has 31 heavy (non-hydrogen) atoms. The third-order valence-electron chi connectivity index (χ3n) is 6.69. The smallest absolute Gasteiger partial charge is 0.267 e. The van der Waals surface area contributed by atoms with E-state index in [-0.39, 0.29) is 17.3 Å². The largest absolute Gasteiger partial charge is 0.303 e. The monoisotopic (exact) mass is 458 g/mol. The van der Waals surface area contributed by atoms with Gasteiger partial charge in [-0.05, 0) is 51.2 Å². The highest BCUT2D eigenvalue weighted by molar-refractivity contribution is 7.86. The van der Waals surface area contributed by atoms with Crippen LogP contribution in [0.15, 0.2) is 0 Å². The number of nitrogens with zero attached hydrogens (tertiary/aromatic N) is 1. The zero-order valence-corrected chi connectivity index (χ0v) is 20.0. The van der Waals surface area contributed by atoms with Gasteiger partial charge in [-0.2, -0.15) is 17.4 Å². The van der Waals surface area contributed by atoms with Gasteiger partial charge >= 0.3 is 0 Å². The van der Waals surface area contributed by atoms with Crippen LogP contribution in [-0.2, 0) is 24.5 Å². The molecule has 0 aromatic heterocycles. The average Bonchev–Trinajstić information content (AvgIpc) is 2.95. The lowest BCUT2D eigenvalue weighted by molar-refractivity contribution is -0.442. The van der Waals surface area contributed by atoms with Gasteiger partial charge in [0.25, 0.3) is 10.1 Å². The molecule has 1 aromatic carbocycles. The summed E-state index contributed by atoms with van der Waals surface area (Å²) in [7, 11) is -2.41. The Labute approximate surface area is 184 Å². The molecule has 174 valence electrons. The Morgan fingerprint density at radius 2 is 1.65 bits per heavy atom. The number of carbonyl (C=O) groups excluding carboxylic acids is 1. The van der Waals surface area contributed by atoms with Gasteiger partial charge in [-0.3, -0.25) is 4.18 Å². The summed E-state index contributed by atoms with van der Waals surface area (Å²) in [5.41, 5.74) is 1.51. The number of aldehydes is 1. The van der Waals surface area contributed by atoms with Gasteiger partial charge in [0.1, 0.15) is 18.6 Å². The summed E-state index contributed by atoms with van der Waals surface area (Å²) in [6, 6.07) is 0. The van der Waals surface area contributed by atoms with Crippen LogP contribution in [0.3, 0.4) is 0 Å². The van der Waals surface area contributed by atoms with Crippen LogP contribution < -0.4 is 0 Å². The molecule has 8 heteroatoms. The zero-order chi connectivity index (χ0) is 23.4. The van der Waals surface area contributed by atoms with Crippen LogP contribution in [0.1, 0.15) is 75.5 Å². The summed E-state index contributed by atoms with van der Waals surface area (Å²) in [5.74, 6) is -0.892. The highest BCUT2D eigenvalue weighted by Crippen LogP contribution is 2.47. The molecule has 2 rings (SSSR count). The van der Waals surface area contributed by atoms with Crippen molar-refractivity contribution in [2.75, 3.05) is 19.4 Å². The van der Waals surface area contributed by atoms with Crippen molar-refractivity contribution in [3.8, 4) is 0 Å². The highest BCUT2D eigenvalue weighted by Gasteiger charge is 2.50. The van der Waals surface area contributed by atoms with Crippen molar-refractivity contribution >= 4 is 27.8 Å². The van der Waals surface area contributed by atoms with Crippen LogP contribution in [0.2, 0.25) is 0 Å². The van der Waals surface area contributed by atoms with E-state index in [4.69, 9.17) is 0 Å². The summed E-state index contributed by atoms with van der Waals surface area (Å²) < 4.78 is 60.3. The molecule has 0 radical (unpaired) electrons.